The highest BCUT2D eigenvalue weighted by atomic mass is 16.6. The van der Waals surface area contributed by atoms with Crippen molar-refractivity contribution in [1.82, 2.24) is 15.1 Å². The lowest BCUT2D eigenvalue weighted by atomic mass is 9.98. The van der Waals surface area contributed by atoms with Gasteiger partial charge in [-0.1, -0.05) is 6.92 Å². The van der Waals surface area contributed by atoms with Crippen LogP contribution in [0.1, 0.15) is 34.1 Å². The Morgan fingerprint density at radius 3 is 2.65 bits per heavy atom. The van der Waals surface area contributed by atoms with E-state index in [1.54, 1.807) is 23.6 Å². The number of carbonyl (C=O) groups is 3. The molecule has 0 aromatic heterocycles. The van der Waals surface area contributed by atoms with Crippen LogP contribution in [0.5, 0.6) is 0 Å². The van der Waals surface area contributed by atoms with Crippen LogP contribution >= 0.6 is 0 Å². The molecule has 0 aromatic carbocycles. The number of ether oxygens (including phenoxy) is 1. The maximum Gasteiger partial charge on any atom is 0.410 e. The van der Waals surface area contributed by atoms with Crippen molar-refractivity contribution in [2.24, 2.45) is 5.73 Å². The van der Waals surface area contributed by atoms with Crippen LogP contribution in [0.4, 0.5) is 4.79 Å². The van der Waals surface area contributed by atoms with Gasteiger partial charge in [-0.25, -0.2) is 4.79 Å². The van der Waals surface area contributed by atoms with Crippen LogP contribution in [0.25, 0.3) is 0 Å². The monoisotopic (exact) mass is 326 g/mol. The second-order valence-electron chi connectivity index (χ2n) is 7.12. The van der Waals surface area contributed by atoms with E-state index in [-0.39, 0.29) is 24.5 Å². The van der Waals surface area contributed by atoms with Crippen LogP contribution in [0, 0.1) is 0 Å². The van der Waals surface area contributed by atoms with Crippen molar-refractivity contribution in [3.63, 3.8) is 0 Å². The Balaban J connectivity index is 2.04. The molecule has 2 saturated heterocycles. The summed E-state index contributed by atoms with van der Waals surface area (Å²) in [5.41, 5.74) is 4.23. The van der Waals surface area contributed by atoms with Gasteiger partial charge in [0.1, 0.15) is 12.6 Å². The van der Waals surface area contributed by atoms with E-state index in [1.165, 1.54) is 0 Å². The average molecular weight is 326 g/mol. The van der Waals surface area contributed by atoms with Gasteiger partial charge in [-0.2, -0.15) is 0 Å². The summed E-state index contributed by atoms with van der Waals surface area (Å²) in [6.07, 6.45) is 0.150. The van der Waals surface area contributed by atoms with E-state index in [0.29, 0.717) is 26.1 Å². The van der Waals surface area contributed by atoms with Gasteiger partial charge in [0, 0.05) is 19.6 Å². The zero-order valence-corrected chi connectivity index (χ0v) is 14.2. The van der Waals surface area contributed by atoms with Gasteiger partial charge in [0.05, 0.1) is 11.1 Å². The number of fused-ring (bicyclic) bond motifs is 1. The second kappa shape index (κ2) is 5.99. The summed E-state index contributed by atoms with van der Waals surface area (Å²) in [4.78, 5) is 39.8. The number of hydrogen-bond acceptors (Lipinski definition) is 5. The number of carbonyl (C=O) groups excluding carboxylic acids is 3. The number of nitrogens with two attached hydrogens (primary N) is 1. The van der Waals surface area contributed by atoms with E-state index < -0.39 is 17.1 Å². The fourth-order valence-corrected chi connectivity index (χ4v) is 2.89. The molecular weight excluding hydrogens is 300 g/mol. The summed E-state index contributed by atoms with van der Waals surface area (Å²) in [5, 5.41) is 2.72. The third kappa shape index (κ3) is 3.41. The van der Waals surface area contributed by atoms with E-state index in [9.17, 15) is 14.4 Å². The molecule has 2 atom stereocenters. The van der Waals surface area contributed by atoms with Gasteiger partial charge in [0.15, 0.2) is 0 Å². The Labute approximate surface area is 136 Å². The summed E-state index contributed by atoms with van der Waals surface area (Å²) in [6.45, 7) is 8.48. The highest BCUT2D eigenvalue weighted by Crippen LogP contribution is 2.28. The Bertz CT molecular complexity index is 516. The molecule has 2 heterocycles. The molecule has 0 aromatic rings. The van der Waals surface area contributed by atoms with Crippen molar-refractivity contribution in [2.75, 3.05) is 26.2 Å². The molecule has 2 fully saturated rings. The molecule has 0 aliphatic carbocycles. The minimum Gasteiger partial charge on any atom is -0.447 e. The number of cyclic esters (lactones) is 1. The molecule has 23 heavy (non-hydrogen) atoms. The van der Waals surface area contributed by atoms with E-state index in [0.717, 1.165) is 0 Å². The molecule has 3 amide bonds. The fraction of sp³-hybridized carbons (Fsp3) is 0.800. The zero-order chi connectivity index (χ0) is 17.4. The molecule has 2 aliphatic rings. The number of amides is 3. The van der Waals surface area contributed by atoms with Gasteiger partial charge in [-0.15, -0.1) is 0 Å². The molecule has 0 saturated carbocycles. The topological polar surface area (TPSA) is 105 Å². The summed E-state index contributed by atoms with van der Waals surface area (Å²) >= 11 is 0. The predicted octanol–water partition coefficient (Wildman–Crippen LogP) is -0.328. The normalized spacial score (nSPS) is 25.7. The van der Waals surface area contributed by atoms with E-state index in [4.69, 9.17) is 10.5 Å². The SMILES string of the molecule is CCC(NC(=O)C(C)(C)N)C(=O)N1CCN2C(=O)OCC2(C)C1. The summed E-state index contributed by atoms with van der Waals surface area (Å²) in [7, 11) is 0. The van der Waals surface area contributed by atoms with Gasteiger partial charge in [-0.3, -0.25) is 14.5 Å². The van der Waals surface area contributed by atoms with Gasteiger partial charge in [0.25, 0.3) is 0 Å². The summed E-state index contributed by atoms with van der Waals surface area (Å²) in [6, 6.07) is -0.613. The first-order valence-corrected chi connectivity index (χ1v) is 7.91. The van der Waals surface area contributed by atoms with E-state index in [2.05, 4.69) is 5.32 Å². The Kier molecular flexibility index (Phi) is 4.57. The summed E-state index contributed by atoms with van der Waals surface area (Å²) < 4.78 is 5.09. The fourth-order valence-electron chi connectivity index (χ4n) is 2.89. The van der Waals surface area contributed by atoms with Crippen molar-refractivity contribution in [2.45, 2.75) is 51.2 Å². The molecule has 8 heteroatoms. The number of nitrogens with one attached hydrogen (secondary N) is 1. The number of piperazine rings is 1. The quantitative estimate of drug-likeness (QED) is 0.736. The first-order valence-electron chi connectivity index (χ1n) is 7.91. The van der Waals surface area contributed by atoms with E-state index >= 15 is 0 Å². The standard InChI is InChI=1S/C15H26N4O4/c1-5-10(17-12(21)14(2,3)16)11(20)18-6-7-19-13(22)23-9-15(19,4)8-18/h10H,5-9,16H2,1-4H3,(H,17,21). The third-order valence-corrected chi connectivity index (χ3v) is 4.41. The molecule has 2 unspecified atom stereocenters. The largest absolute Gasteiger partial charge is 0.447 e. The van der Waals surface area contributed by atoms with Crippen molar-refractivity contribution < 1.29 is 19.1 Å². The molecule has 0 bridgehead atoms. The molecule has 8 nitrogen and oxygen atoms in total. The third-order valence-electron chi connectivity index (χ3n) is 4.41. The van der Waals surface area contributed by atoms with Crippen molar-refractivity contribution >= 4 is 17.9 Å². The lowest BCUT2D eigenvalue weighted by Gasteiger charge is -2.43. The van der Waals surface area contributed by atoms with Gasteiger partial charge in [0.2, 0.25) is 11.8 Å². The van der Waals surface area contributed by atoms with Gasteiger partial charge < -0.3 is 20.7 Å². The molecular formula is C15H26N4O4. The Hall–Kier alpha value is -1.83. The predicted molar refractivity (Wildman–Crippen MR) is 83.5 cm³/mol. The van der Waals surface area contributed by atoms with Crippen LogP contribution in [0.3, 0.4) is 0 Å². The Morgan fingerprint density at radius 2 is 2.09 bits per heavy atom. The van der Waals surface area contributed by atoms with Crippen molar-refractivity contribution in [3.8, 4) is 0 Å². The van der Waals surface area contributed by atoms with Crippen LogP contribution in [0.2, 0.25) is 0 Å². The number of hydrogen-bond donors (Lipinski definition) is 2. The lowest BCUT2D eigenvalue weighted by Crippen LogP contribution is -2.64. The molecule has 0 radical (unpaired) electrons. The highest BCUT2D eigenvalue weighted by molar-refractivity contribution is 5.91. The maximum absolute atomic E-state index is 12.7. The van der Waals surface area contributed by atoms with Crippen LogP contribution in [-0.4, -0.2) is 71.1 Å². The first kappa shape index (κ1) is 17.5. The molecule has 3 N–H and O–H groups in total. The molecule has 2 aliphatic heterocycles. The zero-order valence-electron chi connectivity index (χ0n) is 14.2. The maximum atomic E-state index is 12.7. The first-order chi connectivity index (χ1) is 10.6. The van der Waals surface area contributed by atoms with Gasteiger partial charge in [-0.05, 0) is 27.2 Å². The van der Waals surface area contributed by atoms with Crippen molar-refractivity contribution in [1.29, 1.82) is 0 Å². The Morgan fingerprint density at radius 1 is 1.43 bits per heavy atom. The molecule has 130 valence electrons. The highest BCUT2D eigenvalue weighted by Gasteiger charge is 2.48. The second-order valence-corrected chi connectivity index (χ2v) is 7.12. The molecule has 2 rings (SSSR count). The number of rotatable bonds is 4. The van der Waals surface area contributed by atoms with Crippen LogP contribution in [0.15, 0.2) is 0 Å². The van der Waals surface area contributed by atoms with Crippen LogP contribution in [-0.2, 0) is 14.3 Å². The minimum absolute atomic E-state index is 0.148. The lowest BCUT2D eigenvalue weighted by molar-refractivity contribution is -0.140. The average Bonchev–Trinajstić information content (AvgIpc) is 2.77. The minimum atomic E-state index is -1.04. The number of nitrogens with zero attached hydrogens (tertiary/aromatic N) is 2. The summed E-state index contributed by atoms with van der Waals surface area (Å²) in [5.74, 6) is -0.507. The molecule has 0 spiro atoms. The van der Waals surface area contributed by atoms with Crippen LogP contribution < -0.4 is 11.1 Å². The smallest absolute Gasteiger partial charge is 0.410 e. The van der Waals surface area contributed by atoms with Crippen molar-refractivity contribution in [3.05, 3.63) is 0 Å². The van der Waals surface area contributed by atoms with Gasteiger partial charge >= 0.3 is 6.09 Å². The van der Waals surface area contributed by atoms with E-state index in [1.807, 2.05) is 13.8 Å².